The molecule has 0 saturated heterocycles. The number of ether oxygens (including phenoxy) is 1. The first-order valence-electron chi connectivity index (χ1n) is 3.72. The molecule has 0 spiro atoms. The molecule has 70 valence electrons. The van der Waals surface area contributed by atoms with Crippen LogP contribution in [-0.2, 0) is 0 Å². The van der Waals surface area contributed by atoms with Gasteiger partial charge in [0.15, 0.2) is 0 Å². The summed E-state index contributed by atoms with van der Waals surface area (Å²) in [4.78, 5) is 0. The quantitative estimate of drug-likeness (QED) is 0.535. The van der Waals surface area contributed by atoms with Crippen LogP contribution in [0.3, 0.4) is 0 Å². The molecule has 0 aromatic heterocycles. The molecule has 13 heavy (non-hydrogen) atoms. The van der Waals surface area contributed by atoms with Gasteiger partial charge in [-0.3, -0.25) is 0 Å². The zero-order valence-corrected chi connectivity index (χ0v) is 7.61. The largest absolute Gasteiger partial charge is 0.495 e. The van der Waals surface area contributed by atoms with E-state index in [1.165, 1.54) is 7.11 Å². The van der Waals surface area contributed by atoms with Crippen LogP contribution >= 0.6 is 0 Å². The van der Waals surface area contributed by atoms with Gasteiger partial charge in [-0.1, -0.05) is 0 Å². The third-order valence-corrected chi connectivity index (χ3v) is 1.59. The van der Waals surface area contributed by atoms with Crippen LogP contribution in [0.25, 0.3) is 0 Å². The number of nitrogens with zero attached hydrogens (tertiary/aromatic N) is 2. The molecule has 1 aromatic rings. The summed E-state index contributed by atoms with van der Waals surface area (Å²) in [6, 6.07) is 3.25. The molecule has 5 nitrogen and oxygen atoms in total. The van der Waals surface area contributed by atoms with Crippen LogP contribution in [0.15, 0.2) is 22.4 Å². The fraction of sp³-hybridized carbons (Fsp3) is 0.250. The number of anilines is 2. The van der Waals surface area contributed by atoms with E-state index in [-0.39, 0.29) is 0 Å². The van der Waals surface area contributed by atoms with Gasteiger partial charge in [0, 0.05) is 13.1 Å². The molecule has 0 aliphatic heterocycles. The van der Waals surface area contributed by atoms with Crippen LogP contribution in [0.2, 0.25) is 0 Å². The van der Waals surface area contributed by atoms with Gasteiger partial charge in [0.1, 0.15) is 11.4 Å². The lowest BCUT2D eigenvalue weighted by atomic mass is 10.2. The van der Waals surface area contributed by atoms with Crippen LogP contribution < -0.4 is 16.2 Å². The van der Waals surface area contributed by atoms with Crippen molar-refractivity contribution in [3.63, 3.8) is 0 Å². The van der Waals surface area contributed by atoms with E-state index < -0.39 is 0 Å². The number of hydrogen-bond donors (Lipinski definition) is 2. The van der Waals surface area contributed by atoms with Crippen LogP contribution in [0.4, 0.5) is 17.1 Å². The van der Waals surface area contributed by atoms with Gasteiger partial charge in [-0.05, 0) is 6.07 Å². The number of benzene rings is 1. The Labute approximate surface area is 76.4 Å². The predicted octanol–water partition coefficient (Wildman–Crippen LogP) is 1.57. The van der Waals surface area contributed by atoms with E-state index in [1.54, 1.807) is 19.2 Å². The first-order chi connectivity index (χ1) is 6.19. The molecule has 4 N–H and O–H groups in total. The summed E-state index contributed by atoms with van der Waals surface area (Å²) in [6.45, 7) is 0. The zero-order valence-electron chi connectivity index (χ0n) is 7.61. The third-order valence-electron chi connectivity index (χ3n) is 1.59. The molecular formula is C8H12N4O. The van der Waals surface area contributed by atoms with E-state index >= 15 is 0 Å². The number of hydrogen-bond acceptors (Lipinski definition) is 5. The van der Waals surface area contributed by atoms with Gasteiger partial charge in [0.2, 0.25) is 0 Å². The van der Waals surface area contributed by atoms with Crippen molar-refractivity contribution in [1.82, 2.24) is 0 Å². The van der Waals surface area contributed by atoms with E-state index in [0.29, 0.717) is 22.8 Å². The summed E-state index contributed by atoms with van der Waals surface area (Å²) in [6.07, 6.45) is 0. The molecular weight excluding hydrogens is 168 g/mol. The average molecular weight is 180 g/mol. The van der Waals surface area contributed by atoms with Crippen molar-refractivity contribution in [1.29, 1.82) is 0 Å². The monoisotopic (exact) mass is 180 g/mol. The summed E-state index contributed by atoms with van der Waals surface area (Å²) in [7, 11) is 3.11. The normalized spacial score (nSPS) is 10.6. The number of azo groups is 1. The molecule has 0 bridgehead atoms. The maximum Gasteiger partial charge on any atom is 0.144 e. The molecule has 0 aliphatic carbocycles. The standard InChI is InChI=1S/C8H12N4O/c1-11-12-7-4-8(13-2)6(10)3-5(7)9/h3-4H,9-10H2,1-2H3. The lowest BCUT2D eigenvalue weighted by Gasteiger charge is -2.06. The Morgan fingerprint density at radius 2 is 1.92 bits per heavy atom. The van der Waals surface area contributed by atoms with Crippen LogP contribution in [0, 0.1) is 0 Å². The van der Waals surface area contributed by atoms with Crippen molar-refractivity contribution in [3.05, 3.63) is 12.1 Å². The van der Waals surface area contributed by atoms with E-state index in [9.17, 15) is 0 Å². The minimum absolute atomic E-state index is 0.490. The zero-order chi connectivity index (χ0) is 9.84. The van der Waals surface area contributed by atoms with E-state index in [4.69, 9.17) is 16.2 Å². The second-order valence-electron chi connectivity index (χ2n) is 2.45. The highest BCUT2D eigenvalue weighted by Gasteiger charge is 2.04. The summed E-state index contributed by atoms with van der Waals surface area (Å²) in [5.74, 6) is 0.552. The van der Waals surface area contributed by atoms with Crippen LogP contribution in [-0.4, -0.2) is 14.2 Å². The Kier molecular flexibility index (Phi) is 2.69. The van der Waals surface area contributed by atoms with Crippen molar-refractivity contribution in [3.8, 4) is 5.75 Å². The number of nitrogens with two attached hydrogens (primary N) is 2. The molecule has 0 radical (unpaired) electrons. The highest BCUT2D eigenvalue weighted by Crippen LogP contribution is 2.32. The van der Waals surface area contributed by atoms with Gasteiger partial charge in [-0.15, -0.1) is 0 Å². The van der Waals surface area contributed by atoms with Crippen molar-refractivity contribution in [2.75, 3.05) is 25.6 Å². The molecule has 0 fully saturated rings. The second-order valence-corrected chi connectivity index (χ2v) is 2.45. The smallest absolute Gasteiger partial charge is 0.144 e. The van der Waals surface area contributed by atoms with Gasteiger partial charge in [0.25, 0.3) is 0 Å². The van der Waals surface area contributed by atoms with Gasteiger partial charge < -0.3 is 16.2 Å². The first-order valence-corrected chi connectivity index (χ1v) is 3.72. The van der Waals surface area contributed by atoms with Gasteiger partial charge in [-0.2, -0.15) is 10.2 Å². The minimum Gasteiger partial charge on any atom is -0.495 e. The maximum atomic E-state index is 5.64. The molecule has 0 unspecified atom stereocenters. The molecule has 1 rings (SSSR count). The van der Waals surface area contributed by atoms with Crippen LogP contribution in [0.5, 0.6) is 5.75 Å². The second kappa shape index (κ2) is 3.75. The number of nitrogen functional groups attached to an aromatic ring is 2. The number of rotatable bonds is 2. The lowest BCUT2D eigenvalue weighted by molar-refractivity contribution is 0.417. The Hall–Kier alpha value is -1.78. The van der Waals surface area contributed by atoms with Gasteiger partial charge in [-0.25, -0.2) is 0 Å². The van der Waals surface area contributed by atoms with Crippen molar-refractivity contribution >= 4 is 17.1 Å². The maximum absolute atomic E-state index is 5.64. The Morgan fingerprint density at radius 3 is 2.46 bits per heavy atom. The third kappa shape index (κ3) is 1.87. The summed E-state index contributed by atoms with van der Waals surface area (Å²) < 4.78 is 5.00. The van der Waals surface area contributed by atoms with E-state index in [0.717, 1.165) is 0 Å². The highest BCUT2D eigenvalue weighted by atomic mass is 16.5. The van der Waals surface area contributed by atoms with Gasteiger partial charge >= 0.3 is 0 Å². The molecule has 0 amide bonds. The average Bonchev–Trinajstić information content (AvgIpc) is 2.10. The van der Waals surface area contributed by atoms with E-state index in [1.807, 2.05) is 0 Å². The summed E-state index contributed by atoms with van der Waals surface area (Å²) in [5.41, 5.74) is 12.8. The van der Waals surface area contributed by atoms with Gasteiger partial charge in [0.05, 0.1) is 18.5 Å². The highest BCUT2D eigenvalue weighted by molar-refractivity contribution is 5.73. The SMILES string of the molecule is CN=Nc1cc(OC)c(N)cc1N. The Bertz CT molecular complexity index is 335. The minimum atomic E-state index is 0.490. The lowest BCUT2D eigenvalue weighted by Crippen LogP contribution is -1.94. The van der Waals surface area contributed by atoms with Crippen molar-refractivity contribution in [2.45, 2.75) is 0 Å². The topological polar surface area (TPSA) is 86.0 Å². The Morgan fingerprint density at radius 1 is 1.23 bits per heavy atom. The first kappa shape index (κ1) is 9.31. The number of methoxy groups -OCH3 is 1. The molecule has 1 aromatic carbocycles. The summed E-state index contributed by atoms with van der Waals surface area (Å²) >= 11 is 0. The fourth-order valence-electron chi connectivity index (χ4n) is 0.975. The summed E-state index contributed by atoms with van der Waals surface area (Å²) in [5, 5.41) is 7.44. The van der Waals surface area contributed by atoms with Crippen molar-refractivity contribution < 1.29 is 4.74 Å². The molecule has 0 saturated carbocycles. The molecule has 5 heteroatoms. The Balaban J connectivity index is 3.22. The predicted molar refractivity (Wildman–Crippen MR) is 52.3 cm³/mol. The molecule has 0 aliphatic rings. The molecule has 0 heterocycles. The van der Waals surface area contributed by atoms with Crippen LogP contribution in [0.1, 0.15) is 0 Å². The van der Waals surface area contributed by atoms with Crippen molar-refractivity contribution in [2.24, 2.45) is 10.2 Å². The van der Waals surface area contributed by atoms with E-state index in [2.05, 4.69) is 10.2 Å². The molecule has 0 atom stereocenters. The fourth-order valence-corrected chi connectivity index (χ4v) is 0.975.